The van der Waals surface area contributed by atoms with Gasteiger partial charge in [0.05, 0.1) is 0 Å². The van der Waals surface area contributed by atoms with E-state index in [1.54, 1.807) is 18.3 Å². The molecule has 1 aromatic heterocycles. The Morgan fingerprint density at radius 1 is 1.37 bits per heavy atom. The van der Waals surface area contributed by atoms with Crippen LogP contribution in [0.2, 0.25) is 0 Å². The third-order valence-corrected chi connectivity index (χ3v) is 4.26. The minimum atomic E-state index is 0.0483. The molecule has 5 nitrogen and oxygen atoms in total. The Hall–Kier alpha value is -0.980. The van der Waals surface area contributed by atoms with E-state index >= 15 is 0 Å². The number of Topliss-reactive ketones (excluding diaryl/α,β-unsaturated/α-hetero) is 1. The molecule has 1 saturated heterocycles. The molecule has 106 valence electrons. The van der Waals surface area contributed by atoms with Crippen LogP contribution in [0, 0.1) is 0 Å². The number of carbonyl (C=O) groups excluding carboxylic acids is 1. The Morgan fingerprint density at radius 2 is 2.05 bits per heavy atom. The molecule has 0 atom stereocenters. The zero-order valence-electron chi connectivity index (χ0n) is 11.9. The van der Waals surface area contributed by atoms with Crippen LogP contribution in [0.15, 0.2) is 5.38 Å². The van der Waals surface area contributed by atoms with Crippen molar-refractivity contribution in [3.8, 4) is 0 Å². The second-order valence-electron chi connectivity index (χ2n) is 5.20. The van der Waals surface area contributed by atoms with Crippen molar-refractivity contribution in [1.82, 2.24) is 14.8 Å². The van der Waals surface area contributed by atoms with Gasteiger partial charge in [0.25, 0.3) is 0 Å². The highest BCUT2D eigenvalue weighted by Gasteiger charge is 2.19. The maximum absolute atomic E-state index is 11.3. The lowest BCUT2D eigenvalue weighted by Gasteiger charge is -2.35. The van der Waals surface area contributed by atoms with E-state index in [0.29, 0.717) is 5.69 Å². The minimum absolute atomic E-state index is 0.0483. The third-order valence-electron chi connectivity index (χ3n) is 3.36. The zero-order chi connectivity index (χ0) is 13.8. The molecular formula is C13H22N4OS. The summed E-state index contributed by atoms with van der Waals surface area (Å²) in [5.74, 6) is 0.0483. The van der Waals surface area contributed by atoms with Gasteiger partial charge in [-0.25, -0.2) is 4.98 Å². The average molecular weight is 282 g/mol. The molecule has 0 N–H and O–H groups in total. The lowest BCUT2D eigenvalue weighted by Crippen LogP contribution is -2.48. The first kappa shape index (κ1) is 14.4. The van der Waals surface area contributed by atoms with Crippen LogP contribution >= 0.6 is 11.3 Å². The molecule has 0 aromatic carbocycles. The van der Waals surface area contributed by atoms with Crippen molar-refractivity contribution >= 4 is 22.3 Å². The van der Waals surface area contributed by atoms with Gasteiger partial charge in [-0.15, -0.1) is 11.3 Å². The molecule has 0 aliphatic carbocycles. The van der Waals surface area contributed by atoms with E-state index in [0.717, 1.165) is 44.4 Å². The van der Waals surface area contributed by atoms with Gasteiger partial charge in [-0.1, -0.05) is 0 Å². The maximum Gasteiger partial charge on any atom is 0.186 e. The molecular weight excluding hydrogens is 260 g/mol. The van der Waals surface area contributed by atoms with E-state index in [4.69, 9.17) is 0 Å². The van der Waals surface area contributed by atoms with Gasteiger partial charge in [-0.3, -0.25) is 9.69 Å². The molecule has 6 heteroatoms. The van der Waals surface area contributed by atoms with Crippen molar-refractivity contribution in [2.75, 3.05) is 58.3 Å². The number of hydrogen-bond acceptors (Lipinski definition) is 6. The van der Waals surface area contributed by atoms with E-state index in [9.17, 15) is 4.79 Å². The van der Waals surface area contributed by atoms with Gasteiger partial charge in [0.1, 0.15) is 5.69 Å². The molecule has 1 aliphatic rings. The smallest absolute Gasteiger partial charge is 0.186 e. The number of thiazole rings is 1. The van der Waals surface area contributed by atoms with Gasteiger partial charge in [-0.05, 0) is 14.1 Å². The van der Waals surface area contributed by atoms with Crippen LogP contribution in [0.25, 0.3) is 0 Å². The number of piperazine rings is 1. The van der Waals surface area contributed by atoms with E-state index < -0.39 is 0 Å². The van der Waals surface area contributed by atoms with Crippen molar-refractivity contribution in [2.45, 2.75) is 6.92 Å². The quantitative estimate of drug-likeness (QED) is 0.754. The summed E-state index contributed by atoms with van der Waals surface area (Å²) < 4.78 is 0. The summed E-state index contributed by atoms with van der Waals surface area (Å²) in [6, 6.07) is 0. The largest absolute Gasteiger partial charge is 0.346 e. The normalized spacial score (nSPS) is 17.2. The first-order valence-electron chi connectivity index (χ1n) is 6.65. The van der Waals surface area contributed by atoms with Crippen molar-refractivity contribution in [3.05, 3.63) is 11.1 Å². The molecule has 2 rings (SSSR count). The SMILES string of the molecule is CC(=O)c1csc(N2CCN(CCN(C)C)CC2)n1. The standard InChI is InChI=1S/C13H22N4OS/c1-11(18)12-10-19-13(14-12)17-8-6-16(7-9-17)5-4-15(2)3/h10H,4-9H2,1-3H3. The van der Waals surface area contributed by atoms with Crippen LogP contribution in [-0.2, 0) is 0 Å². The fourth-order valence-electron chi connectivity index (χ4n) is 2.08. The molecule has 2 heterocycles. The number of ketones is 1. The maximum atomic E-state index is 11.3. The fourth-order valence-corrected chi connectivity index (χ4v) is 2.99. The number of carbonyl (C=O) groups is 1. The second kappa shape index (κ2) is 6.45. The molecule has 1 fully saturated rings. The fraction of sp³-hybridized carbons (Fsp3) is 0.692. The summed E-state index contributed by atoms with van der Waals surface area (Å²) >= 11 is 1.57. The van der Waals surface area contributed by atoms with E-state index in [2.05, 4.69) is 33.8 Å². The summed E-state index contributed by atoms with van der Waals surface area (Å²) in [4.78, 5) is 22.6. The van der Waals surface area contributed by atoms with E-state index in [1.165, 1.54) is 0 Å². The van der Waals surface area contributed by atoms with Gasteiger partial charge < -0.3 is 9.80 Å². The summed E-state index contributed by atoms with van der Waals surface area (Å²) in [7, 11) is 4.21. The third kappa shape index (κ3) is 3.99. The Balaban J connectivity index is 1.83. The lowest BCUT2D eigenvalue weighted by atomic mass is 10.3. The predicted octanol–water partition coefficient (Wildman–Crippen LogP) is 1.03. The minimum Gasteiger partial charge on any atom is -0.346 e. The lowest BCUT2D eigenvalue weighted by molar-refractivity contribution is 0.101. The molecule has 0 unspecified atom stereocenters. The first-order chi connectivity index (χ1) is 9.06. The zero-order valence-corrected chi connectivity index (χ0v) is 12.7. The van der Waals surface area contributed by atoms with Crippen LogP contribution in [0.5, 0.6) is 0 Å². The molecule has 0 spiro atoms. The molecule has 0 amide bonds. The molecule has 1 aromatic rings. The number of nitrogens with zero attached hydrogens (tertiary/aromatic N) is 4. The number of aromatic nitrogens is 1. The first-order valence-corrected chi connectivity index (χ1v) is 7.52. The monoisotopic (exact) mass is 282 g/mol. The number of hydrogen-bond donors (Lipinski definition) is 0. The highest BCUT2D eigenvalue weighted by Crippen LogP contribution is 2.22. The average Bonchev–Trinajstić information content (AvgIpc) is 2.86. The van der Waals surface area contributed by atoms with Crippen LogP contribution < -0.4 is 4.90 Å². The van der Waals surface area contributed by atoms with Crippen LogP contribution in [0.3, 0.4) is 0 Å². The van der Waals surface area contributed by atoms with Crippen LogP contribution in [-0.4, -0.2) is 73.9 Å². The molecule has 0 bridgehead atoms. The van der Waals surface area contributed by atoms with Gasteiger partial charge in [0.2, 0.25) is 0 Å². The Kier molecular flexibility index (Phi) is 4.90. The number of likely N-dealkylation sites (N-methyl/N-ethyl adjacent to an activating group) is 1. The highest BCUT2D eigenvalue weighted by molar-refractivity contribution is 7.13. The topological polar surface area (TPSA) is 39.7 Å². The van der Waals surface area contributed by atoms with Gasteiger partial charge in [-0.2, -0.15) is 0 Å². The number of rotatable bonds is 5. The summed E-state index contributed by atoms with van der Waals surface area (Å²) in [6.45, 7) is 7.93. The Bertz CT molecular complexity index is 424. The van der Waals surface area contributed by atoms with Crippen molar-refractivity contribution in [3.63, 3.8) is 0 Å². The predicted molar refractivity (Wildman–Crippen MR) is 79.3 cm³/mol. The van der Waals surface area contributed by atoms with Crippen LogP contribution in [0.1, 0.15) is 17.4 Å². The summed E-state index contributed by atoms with van der Waals surface area (Å²) in [6.07, 6.45) is 0. The highest BCUT2D eigenvalue weighted by atomic mass is 32.1. The van der Waals surface area contributed by atoms with E-state index in [1.807, 2.05) is 5.38 Å². The molecule has 0 radical (unpaired) electrons. The summed E-state index contributed by atoms with van der Waals surface area (Å²) in [5.41, 5.74) is 0.593. The van der Waals surface area contributed by atoms with Crippen molar-refractivity contribution < 1.29 is 4.79 Å². The molecule has 0 saturated carbocycles. The number of anilines is 1. The van der Waals surface area contributed by atoms with E-state index in [-0.39, 0.29) is 5.78 Å². The second-order valence-corrected chi connectivity index (χ2v) is 6.04. The molecule has 1 aliphatic heterocycles. The van der Waals surface area contributed by atoms with Crippen molar-refractivity contribution in [1.29, 1.82) is 0 Å². The Labute approximate surface area is 118 Å². The van der Waals surface area contributed by atoms with Crippen LogP contribution in [0.4, 0.5) is 5.13 Å². The van der Waals surface area contributed by atoms with Gasteiger partial charge in [0, 0.05) is 51.6 Å². The summed E-state index contributed by atoms with van der Waals surface area (Å²) in [5, 5.41) is 2.84. The van der Waals surface area contributed by atoms with Crippen molar-refractivity contribution in [2.24, 2.45) is 0 Å². The molecule has 19 heavy (non-hydrogen) atoms. The van der Waals surface area contributed by atoms with Gasteiger partial charge >= 0.3 is 0 Å². The Morgan fingerprint density at radius 3 is 2.58 bits per heavy atom. The van der Waals surface area contributed by atoms with Gasteiger partial charge in [0.15, 0.2) is 10.9 Å².